The van der Waals surface area contributed by atoms with Crippen LogP contribution in [0.3, 0.4) is 0 Å². The maximum Gasteiger partial charge on any atom is 0.315 e. The maximum absolute atomic E-state index is 11.8. The highest BCUT2D eigenvalue weighted by atomic mass is 16.4. The van der Waals surface area contributed by atoms with E-state index in [1.165, 1.54) is 0 Å². The molecule has 0 spiro atoms. The van der Waals surface area contributed by atoms with Crippen LogP contribution in [0.25, 0.3) is 0 Å². The molecular weight excluding hydrogens is 274 g/mol. The number of carbonyl (C=O) groups excluding carboxylic acids is 2. The largest absolute Gasteiger partial charge is 0.481 e. The first-order valence-corrected chi connectivity index (χ1v) is 7.56. The molecule has 2 rings (SSSR count). The van der Waals surface area contributed by atoms with Crippen molar-refractivity contribution in [2.75, 3.05) is 13.1 Å². The third-order valence-electron chi connectivity index (χ3n) is 4.09. The molecule has 21 heavy (non-hydrogen) atoms. The van der Waals surface area contributed by atoms with Crippen molar-refractivity contribution in [3.63, 3.8) is 0 Å². The Morgan fingerprint density at radius 3 is 2.24 bits per heavy atom. The molecule has 7 nitrogen and oxygen atoms in total. The Bertz CT molecular complexity index is 414. The molecule has 2 aliphatic carbocycles. The molecule has 0 aromatic rings. The van der Waals surface area contributed by atoms with Crippen LogP contribution in [0, 0.1) is 5.92 Å². The van der Waals surface area contributed by atoms with E-state index in [0.717, 1.165) is 25.7 Å². The zero-order valence-corrected chi connectivity index (χ0v) is 12.1. The molecule has 0 aliphatic heterocycles. The minimum Gasteiger partial charge on any atom is -0.481 e. The highest BCUT2D eigenvalue weighted by Crippen LogP contribution is 2.32. The number of rotatable bonds is 7. The van der Waals surface area contributed by atoms with Gasteiger partial charge in [0.15, 0.2) is 0 Å². The van der Waals surface area contributed by atoms with E-state index in [2.05, 4.69) is 16.0 Å². The summed E-state index contributed by atoms with van der Waals surface area (Å²) in [5.41, 5.74) is -0.618. The molecule has 2 saturated carbocycles. The van der Waals surface area contributed by atoms with Gasteiger partial charge in [0.2, 0.25) is 5.91 Å². The van der Waals surface area contributed by atoms with Crippen LogP contribution in [-0.2, 0) is 9.59 Å². The molecule has 0 aromatic carbocycles. The number of hydrogen-bond donors (Lipinski definition) is 4. The first-order chi connectivity index (χ1) is 10.0. The van der Waals surface area contributed by atoms with Gasteiger partial charge in [-0.3, -0.25) is 9.59 Å². The normalized spacial score (nSPS) is 19.8. The molecule has 0 atom stereocenters. The molecule has 0 heterocycles. The number of carboxylic acid groups (broad SMARTS) is 1. The van der Waals surface area contributed by atoms with Crippen molar-refractivity contribution in [1.29, 1.82) is 0 Å². The number of hydrogen-bond acceptors (Lipinski definition) is 3. The number of carbonyl (C=O) groups is 3. The zero-order valence-electron chi connectivity index (χ0n) is 12.1. The average Bonchev–Trinajstić information content (AvgIpc) is 3.16. The van der Waals surface area contributed by atoms with E-state index in [1.54, 1.807) is 0 Å². The van der Waals surface area contributed by atoms with Gasteiger partial charge < -0.3 is 21.1 Å². The first kappa shape index (κ1) is 15.6. The fraction of sp³-hybridized carbons (Fsp3) is 0.786. The van der Waals surface area contributed by atoms with Crippen molar-refractivity contribution in [2.24, 2.45) is 5.92 Å². The minimum absolute atomic E-state index is 0.0428. The summed E-state index contributed by atoms with van der Waals surface area (Å²) in [5, 5.41) is 17.2. The quantitative estimate of drug-likeness (QED) is 0.516. The van der Waals surface area contributed by atoms with Crippen molar-refractivity contribution in [3.8, 4) is 0 Å². The Morgan fingerprint density at radius 2 is 1.67 bits per heavy atom. The van der Waals surface area contributed by atoms with Crippen LogP contribution in [0.15, 0.2) is 0 Å². The van der Waals surface area contributed by atoms with Crippen LogP contribution in [0.1, 0.15) is 44.9 Å². The van der Waals surface area contributed by atoms with Crippen molar-refractivity contribution in [2.45, 2.75) is 50.5 Å². The summed E-state index contributed by atoms with van der Waals surface area (Å²) in [6.45, 7) is 0.738. The predicted octanol–water partition coefficient (Wildman–Crippen LogP) is 0.599. The predicted molar refractivity (Wildman–Crippen MR) is 75.7 cm³/mol. The van der Waals surface area contributed by atoms with Gasteiger partial charge >= 0.3 is 12.0 Å². The number of amides is 3. The van der Waals surface area contributed by atoms with Gasteiger partial charge in [-0.2, -0.15) is 0 Å². The Kier molecular flexibility index (Phi) is 5.03. The highest BCUT2D eigenvalue weighted by molar-refractivity contribution is 5.81. The summed E-state index contributed by atoms with van der Waals surface area (Å²) in [7, 11) is 0. The molecular formula is C14H23N3O4. The lowest BCUT2D eigenvalue weighted by molar-refractivity contribution is -0.138. The third-order valence-corrected chi connectivity index (χ3v) is 4.09. The van der Waals surface area contributed by atoms with E-state index in [9.17, 15) is 14.4 Å². The van der Waals surface area contributed by atoms with E-state index < -0.39 is 11.5 Å². The second-order valence-corrected chi connectivity index (χ2v) is 6.00. The van der Waals surface area contributed by atoms with Crippen LogP contribution in [0.2, 0.25) is 0 Å². The van der Waals surface area contributed by atoms with E-state index in [-0.39, 0.29) is 24.3 Å². The molecule has 0 radical (unpaired) electrons. The lowest BCUT2D eigenvalue weighted by Gasteiger charge is -2.28. The number of aliphatic carboxylic acids is 1. The van der Waals surface area contributed by atoms with E-state index in [0.29, 0.717) is 25.9 Å². The van der Waals surface area contributed by atoms with Crippen LogP contribution in [0.5, 0.6) is 0 Å². The van der Waals surface area contributed by atoms with Gasteiger partial charge in [0.25, 0.3) is 0 Å². The Balaban J connectivity index is 1.67. The molecule has 2 fully saturated rings. The van der Waals surface area contributed by atoms with E-state index in [4.69, 9.17) is 5.11 Å². The molecule has 4 N–H and O–H groups in total. The van der Waals surface area contributed by atoms with Gasteiger partial charge in [0.05, 0.1) is 12.0 Å². The molecule has 0 unspecified atom stereocenters. The molecule has 0 bridgehead atoms. The van der Waals surface area contributed by atoms with Crippen molar-refractivity contribution < 1.29 is 19.5 Å². The monoisotopic (exact) mass is 297 g/mol. The Hall–Kier alpha value is -1.79. The summed E-state index contributed by atoms with van der Waals surface area (Å²) >= 11 is 0. The molecule has 118 valence electrons. The summed E-state index contributed by atoms with van der Waals surface area (Å²) in [5.74, 6) is -0.680. The van der Waals surface area contributed by atoms with Gasteiger partial charge in [0, 0.05) is 19.0 Å². The number of nitrogens with one attached hydrogen (secondary N) is 3. The molecule has 2 aliphatic rings. The van der Waals surface area contributed by atoms with Gasteiger partial charge in [-0.1, -0.05) is 12.8 Å². The second kappa shape index (κ2) is 6.78. The Labute approximate surface area is 123 Å². The summed E-state index contributed by atoms with van der Waals surface area (Å²) in [6, 6.07) is -0.362. The molecule has 3 amide bonds. The summed E-state index contributed by atoms with van der Waals surface area (Å²) < 4.78 is 0. The van der Waals surface area contributed by atoms with Crippen molar-refractivity contribution >= 4 is 17.9 Å². The fourth-order valence-electron chi connectivity index (χ4n) is 2.82. The molecule has 0 saturated heterocycles. The molecule has 7 heteroatoms. The summed E-state index contributed by atoms with van der Waals surface area (Å²) in [6.07, 6.45) is 5.14. The number of urea groups is 1. The Morgan fingerprint density at radius 1 is 1.05 bits per heavy atom. The zero-order chi connectivity index (χ0) is 15.3. The second-order valence-electron chi connectivity index (χ2n) is 6.00. The van der Waals surface area contributed by atoms with Crippen LogP contribution in [-0.4, -0.2) is 41.6 Å². The smallest absolute Gasteiger partial charge is 0.315 e. The van der Waals surface area contributed by atoms with Crippen LogP contribution >= 0.6 is 0 Å². The van der Waals surface area contributed by atoms with Gasteiger partial charge in [-0.15, -0.1) is 0 Å². The van der Waals surface area contributed by atoms with Crippen molar-refractivity contribution in [3.05, 3.63) is 0 Å². The maximum atomic E-state index is 11.8. The van der Waals surface area contributed by atoms with E-state index >= 15 is 0 Å². The minimum atomic E-state index is -0.895. The highest BCUT2D eigenvalue weighted by Gasteiger charge is 2.37. The lowest BCUT2D eigenvalue weighted by Crippen LogP contribution is -2.52. The fourth-order valence-corrected chi connectivity index (χ4v) is 2.82. The summed E-state index contributed by atoms with van der Waals surface area (Å²) in [4.78, 5) is 34.2. The first-order valence-electron chi connectivity index (χ1n) is 7.56. The van der Waals surface area contributed by atoms with Crippen LogP contribution in [0.4, 0.5) is 4.79 Å². The van der Waals surface area contributed by atoms with Gasteiger partial charge in [-0.25, -0.2) is 4.79 Å². The van der Waals surface area contributed by atoms with E-state index in [1.807, 2.05) is 0 Å². The lowest BCUT2D eigenvalue weighted by atomic mass is 9.93. The number of carboxylic acids is 1. The van der Waals surface area contributed by atoms with Crippen molar-refractivity contribution in [1.82, 2.24) is 16.0 Å². The average molecular weight is 297 g/mol. The van der Waals surface area contributed by atoms with Gasteiger partial charge in [-0.05, 0) is 25.7 Å². The van der Waals surface area contributed by atoms with Crippen LogP contribution < -0.4 is 16.0 Å². The topological polar surface area (TPSA) is 108 Å². The third kappa shape index (κ3) is 4.91. The standard InChI is InChI=1S/C14H23N3O4/c18-11(19)9-14(5-1-2-6-14)17-13(21)16-8-7-15-12(20)10-3-4-10/h10H,1-9H2,(H,15,20)(H,18,19)(H2,16,17,21). The SMILES string of the molecule is O=C(O)CC1(NC(=O)NCCNC(=O)C2CC2)CCCC1. The molecule has 0 aromatic heterocycles. The van der Waals surface area contributed by atoms with Gasteiger partial charge in [0.1, 0.15) is 0 Å².